The molecule has 1 unspecified atom stereocenters. The number of aryl methyl sites for hydroxylation is 1. The molecular weight excluding hydrogens is 338 g/mol. The van der Waals surface area contributed by atoms with Crippen molar-refractivity contribution in [1.82, 2.24) is 0 Å². The first-order valence-electron chi connectivity index (χ1n) is 10.8. The lowest BCUT2D eigenvalue weighted by Gasteiger charge is -2.42. The van der Waals surface area contributed by atoms with E-state index in [0.717, 1.165) is 5.56 Å². The highest BCUT2D eigenvalue weighted by molar-refractivity contribution is 5.89. The van der Waals surface area contributed by atoms with E-state index in [4.69, 9.17) is 1.37 Å². The van der Waals surface area contributed by atoms with Crippen molar-refractivity contribution in [2.24, 2.45) is 0 Å². The van der Waals surface area contributed by atoms with E-state index >= 15 is 0 Å². The van der Waals surface area contributed by atoms with Crippen LogP contribution in [0.4, 0.5) is 11.4 Å². The Kier molecular flexibility index (Phi) is 4.08. The van der Waals surface area contributed by atoms with Crippen LogP contribution in [0.25, 0.3) is 11.1 Å². The van der Waals surface area contributed by atoms with E-state index in [1.807, 2.05) is 6.92 Å². The second kappa shape index (κ2) is 6.51. The number of para-hydroxylation sites is 1. The number of hydrogen-bond acceptors (Lipinski definition) is 1. The molecule has 3 aromatic rings. The van der Waals surface area contributed by atoms with Gasteiger partial charge in [0.05, 0.1) is 0 Å². The standard InChI is InChI=1S/C27H31N/c1-7-19-17-18-22-21-15-11-12-16-23(21)27(5,6)24(22)25(19)28(26(2,3)4)20-13-9-8-10-14-20/h8-18H,7H2,1-6H3/i7D. The summed E-state index contributed by atoms with van der Waals surface area (Å²) in [5, 5.41) is 0. The van der Waals surface area contributed by atoms with Gasteiger partial charge in [0.25, 0.3) is 0 Å². The van der Waals surface area contributed by atoms with Crippen molar-refractivity contribution in [3.8, 4) is 11.1 Å². The van der Waals surface area contributed by atoms with Gasteiger partial charge in [-0.15, -0.1) is 0 Å². The lowest BCUT2D eigenvalue weighted by atomic mass is 9.79. The average Bonchev–Trinajstić information content (AvgIpc) is 2.90. The van der Waals surface area contributed by atoms with E-state index in [9.17, 15) is 0 Å². The molecule has 0 aromatic heterocycles. The molecule has 0 saturated carbocycles. The molecule has 1 atom stereocenters. The minimum absolute atomic E-state index is 0.121. The smallest absolute Gasteiger partial charge is 0.0495 e. The first kappa shape index (κ1) is 17.6. The molecule has 0 saturated heterocycles. The summed E-state index contributed by atoms with van der Waals surface area (Å²) in [7, 11) is 0. The Morgan fingerprint density at radius 2 is 1.50 bits per heavy atom. The zero-order valence-electron chi connectivity index (χ0n) is 18.9. The largest absolute Gasteiger partial charge is 0.336 e. The van der Waals surface area contributed by atoms with Crippen LogP contribution in [-0.2, 0) is 11.8 Å². The van der Waals surface area contributed by atoms with Crippen molar-refractivity contribution < 1.29 is 1.37 Å². The Balaban J connectivity index is 2.11. The van der Waals surface area contributed by atoms with E-state index in [-0.39, 0.29) is 17.4 Å². The molecule has 0 N–H and O–H groups in total. The first-order chi connectivity index (χ1) is 13.6. The zero-order chi connectivity index (χ0) is 21.0. The van der Waals surface area contributed by atoms with E-state index in [0.29, 0.717) is 0 Å². The fourth-order valence-electron chi connectivity index (χ4n) is 4.76. The molecule has 0 heterocycles. The van der Waals surface area contributed by atoms with Crippen molar-refractivity contribution >= 4 is 11.4 Å². The molecule has 0 amide bonds. The molecule has 0 bridgehead atoms. The fourth-order valence-corrected chi connectivity index (χ4v) is 4.76. The van der Waals surface area contributed by atoms with Gasteiger partial charge in [-0.3, -0.25) is 0 Å². The highest BCUT2D eigenvalue weighted by Crippen LogP contribution is 2.55. The van der Waals surface area contributed by atoms with Crippen LogP contribution in [0.1, 0.15) is 59.6 Å². The summed E-state index contributed by atoms with van der Waals surface area (Å²) in [6.07, 6.45) is -0.302. The molecule has 0 aliphatic heterocycles. The molecule has 0 spiro atoms. The molecule has 3 aromatic carbocycles. The Bertz CT molecular complexity index is 1040. The number of rotatable bonds is 3. The third-order valence-corrected chi connectivity index (χ3v) is 5.94. The molecule has 0 radical (unpaired) electrons. The molecule has 144 valence electrons. The van der Waals surface area contributed by atoms with Crippen molar-refractivity contribution in [3.05, 3.63) is 83.4 Å². The minimum Gasteiger partial charge on any atom is -0.336 e. The van der Waals surface area contributed by atoms with Crippen LogP contribution in [-0.4, -0.2) is 5.54 Å². The van der Waals surface area contributed by atoms with Crippen LogP contribution in [0, 0.1) is 0 Å². The van der Waals surface area contributed by atoms with Crippen molar-refractivity contribution in [3.63, 3.8) is 0 Å². The first-order valence-corrected chi connectivity index (χ1v) is 10.2. The summed E-state index contributed by atoms with van der Waals surface area (Å²) in [5.41, 5.74) is 8.53. The number of fused-ring (bicyclic) bond motifs is 3. The molecule has 1 nitrogen and oxygen atoms in total. The number of benzene rings is 3. The Morgan fingerprint density at radius 3 is 2.14 bits per heavy atom. The molecule has 1 aliphatic rings. The highest BCUT2D eigenvalue weighted by Gasteiger charge is 2.40. The van der Waals surface area contributed by atoms with E-state index in [2.05, 4.69) is 106 Å². The van der Waals surface area contributed by atoms with Crippen LogP contribution in [0.2, 0.25) is 0 Å². The fraction of sp³-hybridized carbons (Fsp3) is 0.333. The SMILES string of the molecule is [2H]C(C)c1ccc2c(c1N(c1ccccc1)C(C)(C)C)C(C)(C)c1ccccc1-2. The summed E-state index contributed by atoms with van der Waals surface area (Å²) in [4.78, 5) is 2.44. The van der Waals surface area contributed by atoms with Crippen LogP contribution in [0.3, 0.4) is 0 Å². The Morgan fingerprint density at radius 1 is 0.857 bits per heavy atom. The third-order valence-electron chi connectivity index (χ3n) is 5.94. The summed E-state index contributed by atoms with van der Waals surface area (Å²) >= 11 is 0. The molecule has 28 heavy (non-hydrogen) atoms. The zero-order valence-corrected chi connectivity index (χ0v) is 17.9. The van der Waals surface area contributed by atoms with Gasteiger partial charge in [0.15, 0.2) is 0 Å². The van der Waals surface area contributed by atoms with Crippen LogP contribution in [0.5, 0.6) is 0 Å². The Hall–Kier alpha value is -2.54. The van der Waals surface area contributed by atoms with Gasteiger partial charge >= 0.3 is 0 Å². The van der Waals surface area contributed by atoms with Gasteiger partial charge < -0.3 is 4.90 Å². The topological polar surface area (TPSA) is 3.24 Å². The lowest BCUT2D eigenvalue weighted by Crippen LogP contribution is -2.39. The maximum absolute atomic E-state index is 8.65. The number of hydrogen-bond donors (Lipinski definition) is 0. The quantitative estimate of drug-likeness (QED) is 0.461. The number of nitrogens with zero attached hydrogens (tertiary/aromatic N) is 1. The van der Waals surface area contributed by atoms with Crippen molar-refractivity contribution in [2.75, 3.05) is 4.90 Å². The van der Waals surface area contributed by atoms with Crippen LogP contribution >= 0.6 is 0 Å². The normalized spacial score (nSPS) is 16.1. The van der Waals surface area contributed by atoms with Gasteiger partial charge in [-0.05, 0) is 67.1 Å². The predicted molar refractivity (Wildman–Crippen MR) is 122 cm³/mol. The molecule has 0 fully saturated rings. The predicted octanol–water partition coefficient (Wildman–Crippen LogP) is 7.49. The maximum Gasteiger partial charge on any atom is 0.0495 e. The lowest BCUT2D eigenvalue weighted by molar-refractivity contribution is 0.551. The van der Waals surface area contributed by atoms with Crippen molar-refractivity contribution in [1.29, 1.82) is 0 Å². The summed E-state index contributed by atoms with van der Waals surface area (Å²) in [6, 6.07) is 23.8. The van der Waals surface area contributed by atoms with Gasteiger partial charge in [-0.25, -0.2) is 0 Å². The van der Waals surface area contributed by atoms with Gasteiger partial charge in [-0.2, -0.15) is 0 Å². The van der Waals surface area contributed by atoms with Gasteiger partial charge in [0, 0.05) is 23.7 Å². The average molecular weight is 371 g/mol. The summed E-state index contributed by atoms with van der Waals surface area (Å²) in [5.74, 6) is 0. The second-order valence-electron chi connectivity index (χ2n) is 9.23. The molecule has 4 rings (SSSR count). The maximum atomic E-state index is 8.65. The van der Waals surface area contributed by atoms with E-state index in [1.54, 1.807) is 0 Å². The van der Waals surface area contributed by atoms with E-state index < -0.39 is 0 Å². The second-order valence-corrected chi connectivity index (χ2v) is 9.23. The molecule has 1 aliphatic carbocycles. The minimum atomic E-state index is -0.302. The summed E-state index contributed by atoms with van der Waals surface area (Å²) < 4.78 is 8.65. The van der Waals surface area contributed by atoms with Gasteiger partial charge in [0.1, 0.15) is 0 Å². The number of anilines is 2. The van der Waals surface area contributed by atoms with Gasteiger partial charge in [0.2, 0.25) is 0 Å². The van der Waals surface area contributed by atoms with Crippen LogP contribution < -0.4 is 4.90 Å². The van der Waals surface area contributed by atoms with E-state index in [1.165, 1.54) is 33.6 Å². The molecular formula is C27H31N. The monoisotopic (exact) mass is 370 g/mol. The highest BCUT2D eigenvalue weighted by atomic mass is 15.2. The molecule has 1 heteroatoms. The van der Waals surface area contributed by atoms with Gasteiger partial charge in [-0.1, -0.05) is 75.4 Å². The third kappa shape index (κ3) is 2.76. The van der Waals surface area contributed by atoms with Crippen molar-refractivity contribution in [2.45, 2.75) is 58.9 Å². The Labute approximate surface area is 171 Å². The summed E-state index contributed by atoms with van der Waals surface area (Å²) in [6.45, 7) is 13.4. The van der Waals surface area contributed by atoms with Crippen LogP contribution in [0.15, 0.2) is 66.7 Å².